The maximum atomic E-state index is 12.6. The summed E-state index contributed by atoms with van der Waals surface area (Å²) in [4.78, 5) is 12.6. The van der Waals surface area contributed by atoms with Gasteiger partial charge in [0.2, 0.25) is 5.91 Å². The first kappa shape index (κ1) is 66.6. The van der Waals surface area contributed by atoms with Gasteiger partial charge in [-0.05, 0) is 44.9 Å². The molecule has 5 heteroatoms. The van der Waals surface area contributed by atoms with Crippen LogP contribution in [0, 0.1) is 0 Å². The highest BCUT2D eigenvalue weighted by Gasteiger charge is 2.22. The van der Waals surface area contributed by atoms with Crippen LogP contribution in [-0.4, -0.2) is 46.1 Å². The van der Waals surface area contributed by atoms with E-state index in [-0.39, 0.29) is 6.61 Å². The molecule has 0 bridgehead atoms. The topological polar surface area (TPSA) is 89.8 Å². The van der Waals surface area contributed by atoms with Gasteiger partial charge in [-0.25, -0.2) is 0 Å². The van der Waals surface area contributed by atoms with Crippen molar-refractivity contribution >= 4 is 5.91 Å². The third kappa shape index (κ3) is 52.4. The van der Waals surface area contributed by atoms with Gasteiger partial charge in [0.25, 0.3) is 0 Å². The summed E-state index contributed by atoms with van der Waals surface area (Å²) in [5.74, 6) is -0.511. The Balaban J connectivity index is 3.56. The Morgan fingerprint density at radius 2 is 0.603 bits per heavy atom. The Bertz CT molecular complexity index is 1060. The first-order chi connectivity index (χ1) is 33.6. The molecule has 0 aromatic rings. The Morgan fingerprint density at radius 1 is 0.353 bits per heavy atom. The van der Waals surface area contributed by atoms with Crippen molar-refractivity contribution < 1.29 is 20.1 Å². The first-order valence-electron chi connectivity index (χ1n) is 30.8. The second-order valence-electron chi connectivity index (χ2n) is 21.3. The molecular weight excluding hydrogens is 835 g/mol. The summed E-state index contributed by atoms with van der Waals surface area (Å²) in [6.07, 6.45) is 76.8. The van der Waals surface area contributed by atoms with Crippen molar-refractivity contribution in [2.45, 2.75) is 353 Å². The number of hydrogen-bond donors (Lipinski definition) is 4. The van der Waals surface area contributed by atoms with E-state index in [4.69, 9.17) is 0 Å². The molecule has 0 spiro atoms. The van der Waals surface area contributed by atoms with E-state index < -0.39 is 24.2 Å². The number of hydrogen-bond acceptors (Lipinski definition) is 4. The number of nitrogens with one attached hydrogen (secondary N) is 1. The van der Waals surface area contributed by atoms with Crippen molar-refractivity contribution in [3.63, 3.8) is 0 Å². The molecule has 402 valence electrons. The van der Waals surface area contributed by atoms with Gasteiger partial charge in [0.1, 0.15) is 6.10 Å². The average molecular weight is 957 g/mol. The van der Waals surface area contributed by atoms with Crippen LogP contribution < -0.4 is 5.32 Å². The fourth-order valence-corrected chi connectivity index (χ4v) is 9.69. The van der Waals surface area contributed by atoms with Gasteiger partial charge in [-0.15, -0.1) is 0 Å². The first-order valence-corrected chi connectivity index (χ1v) is 30.8. The Kier molecular flexibility index (Phi) is 56.9. The lowest BCUT2D eigenvalue weighted by Gasteiger charge is -2.21. The van der Waals surface area contributed by atoms with Crippen molar-refractivity contribution in [3.05, 3.63) is 36.5 Å². The van der Waals surface area contributed by atoms with Crippen LogP contribution >= 0.6 is 0 Å². The van der Waals surface area contributed by atoms with Crippen molar-refractivity contribution in [3.8, 4) is 0 Å². The van der Waals surface area contributed by atoms with Crippen LogP contribution in [0.2, 0.25) is 0 Å². The number of carbonyl (C=O) groups is 1. The fraction of sp³-hybridized carbons (Fsp3) is 0.889. The molecule has 5 nitrogen and oxygen atoms in total. The van der Waals surface area contributed by atoms with Gasteiger partial charge < -0.3 is 20.6 Å². The number of amides is 1. The van der Waals surface area contributed by atoms with E-state index in [0.29, 0.717) is 6.42 Å². The van der Waals surface area contributed by atoms with E-state index in [9.17, 15) is 20.1 Å². The Morgan fingerprint density at radius 3 is 0.897 bits per heavy atom. The standard InChI is InChI=1S/C63H121NO4/c1-3-5-7-9-11-13-15-17-19-21-23-25-27-28-29-30-31-32-33-34-36-38-40-42-44-46-48-50-52-54-56-58-62(67)63(68)64-60(59-65)61(66)57-55-53-51-49-47-45-43-41-39-37-35-26-24-22-20-18-16-14-12-10-8-6-4-2/h39,41,47,49,55,57,60-62,65-67H,3-38,40,42-46,48,50-54,56,58-59H2,1-2H3,(H,64,68)/b41-39+,49-47+,57-55+. The zero-order valence-electron chi connectivity index (χ0n) is 46.0. The summed E-state index contributed by atoms with van der Waals surface area (Å²) >= 11 is 0. The van der Waals surface area contributed by atoms with E-state index in [1.807, 2.05) is 6.08 Å². The largest absolute Gasteiger partial charge is 0.394 e. The predicted octanol–water partition coefficient (Wildman–Crippen LogP) is 19.4. The molecule has 0 heterocycles. The zero-order valence-corrected chi connectivity index (χ0v) is 46.0. The molecule has 68 heavy (non-hydrogen) atoms. The molecule has 0 aromatic heterocycles. The summed E-state index contributed by atoms with van der Waals surface area (Å²) in [5.41, 5.74) is 0. The quantitative estimate of drug-likeness (QED) is 0.0361. The minimum Gasteiger partial charge on any atom is -0.394 e. The van der Waals surface area contributed by atoms with Crippen LogP contribution in [0.1, 0.15) is 335 Å². The molecule has 0 rings (SSSR count). The molecule has 0 saturated carbocycles. The van der Waals surface area contributed by atoms with Gasteiger partial charge in [0.05, 0.1) is 18.8 Å². The van der Waals surface area contributed by atoms with Crippen LogP contribution in [0.4, 0.5) is 0 Å². The minimum absolute atomic E-state index is 0.379. The second kappa shape index (κ2) is 58.1. The van der Waals surface area contributed by atoms with E-state index in [0.717, 1.165) is 44.9 Å². The third-order valence-electron chi connectivity index (χ3n) is 14.5. The van der Waals surface area contributed by atoms with Crippen LogP contribution in [0.5, 0.6) is 0 Å². The third-order valence-corrected chi connectivity index (χ3v) is 14.5. The second-order valence-corrected chi connectivity index (χ2v) is 21.3. The fourth-order valence-electron chi connectivity index (χ4n) is 9.69. The van der Waals surface area contributed by atoms with Crippen LogP contribution in [0.3, 0.4) is 0 Å². The number of unbranched alkanes of at least 4 members (excludes halogenated alkanes) is 45. The van der Waals surface area contributed by atoms with Gasteiger partial charge in [-0.3, -0.25) is 4.79 Å². The minimum atomic E-state index is -1.11. The van der Waals surface area contributed by atoms with E-state index in [1.165, 1.54) is 270 Å². The van der Waals surface area contributed by atoms with Gasteiger partial charge in [0, 0.05) is 0 Å². The number of carbonyl (C=O) groups excluding carboxylic acids is 1. The smallest absolute Gasteiger partial charge is 0.249 e. The van der Waals surface area contributed by atoms with E-state index >= 15 is 0 Å². The normalized spacial score (nSPS) is 13.4. The molecule has 3 unspecified atom stereocenters. The summed E-state index contributed by atoms with van der Waals surface area (Å²) in [5, 5.41) is 33.4. The number of aliphatic hydroxyl groups is 3. The molecule has 0 saturated heterocycles. The van der Waals surface area contributed by atoms with Gasteiger partial charge in [-0.2, -0.15) is 0 Å². The van der Waals surface area contributed by atoms with Gasteiger partial charge >= 0.3 is 0 Å². The maximum Gasteiger partial charge on any atom is 0.249 e. The summed E-state index contributed by atoms with van der Waals surface area (Å²) in [6, 6.07) is -0.821. The summed E-state index contributed by atoms with van der Waals surface area (Å²) in [6.45, 7) is 4.21. The van der Waals surface area contributed by atoms with E-state index in [2.05, 4.69) is 43.5 Å². The maximum absolute atomic E-state index is 12.6. The lowest BCUT2D eigenvalue weighted by molar-refractivity contribution is -0.131. The molecule has 0 aromatic carbocycles. The molecule has 3 atom stereocenters. The highest BCUT2D eigenvalue weighted by atomic mass is 16.3. The van der Waals surface area contributed by atoms with E-state index in [1.54, 1.807) is 6.08 Å². The molecule has 0 radical (unpaired) electrons. The monoisotopic (exact) mass is 956 g/mol. The Labute approximate surface area is 425 Å². The van der Waals surface area contributed by atoms with Crippen molar-refractivity contribution in [1.29, 1.82) is 0 Å². The average Bonchev–Trinajstić information content (AvgIpc) is 3.34. The van der Waals surface area contributed by atoms with Crippen molar-refractivity contribution in [2.75, 3.05) is 6.61 Å². The summed E-state index contributed by atoms with van der Waals surface area (Å²) in [7, 11) is 0. The molecular formula is C63H121NO4. The van der Waals surface area contributed by atoms with Crippen LogP contribution in [0.25, 0.3) is 0 Å². The van der Waals surface area contributed by atoms with Crippen molar-refractivity contribution in [2.24, 2.45) is 0 Å². The zero-order chi connectivity index (χ0) is 49.3. The molecule has 0 aliphatic rings. The molecule has 0 aliphatic heterocycles. The lowest BCUT2D eigenvalue weighted by atomic mass is 10.0. The van der Waals surface area contributed by atoms with Gasteiger partial charge in [-0.1, -0.05) is 326 Å². The molecule has 0 fully saturated rings. The molecule has 1 amide bonds. The number of allylic oxidation sites excluding steroid dienone is 5. The SMILES string of the molecule is CCCCCCCCCCCCCCC/C=C/CC/C=C/CC/C=C/C(O)C(CO)NC(=O)C(O)CCCCCCCCCCCCCCCCCCCCCCCCCCCCCCCCC. The van der Waals surface area contributed by atoms with Crippen molar-refractivity contribution in [1.82, 2.24) is 5.32 Å². The van der Waals surface area contributed by atoms with Crippen LogP contribution in [-0.2, 0) is 4.79 Å². The van der Waals surface area contributed by atoms with Crippen LogP contribution in [0.15, 0.2) is 36.5 Å². The molecule has 0 aliphatic carbocycles. The number of rotatable bonds is 57. The number of aliphatic hydroxyl groups excluding tert-OH is 3. The highest BCUT2D eigenvalue weighted by Crippen LogP contribution is 2.18. The Hall–Kier alpha value is -1.43. The van der Waals surface area contributed by atoms with Gasteiger partial charge in [0.15, 0.2) is 0 Å². The highest BCUT2D eigenvalue weighted by molar-refractivity contribution is 5.80. The lowest BCUT2D eigenvalue weighted by Crippen LogP contribution is -2.48. The summed E-state index contributed by atoms with van der Waals surface area (Å²) < 4.78 is 0. The predicted molar refractivity (Wildman–Crippen MR) is 301 cm³/mol. The molecule has 4 N–H and O–H groups in total.